The SMILES string of the molecule is CCC[C@H]1C(=O)NCCN1c1nc(N(C)C)cc(C(F)(F)F)n1. The number of hydrogen-bond donors (Lipinski definition) is 1. The molecule has 2 rings (SSSR count). The van der Waals surface area contributed by atoms with Gasteiger partial charge in [-0.05, 0) is 6.42 Å². The van der Waals surface area contributed by atoms with E-state index < -0.39 is 17.9 Å². The first-order valence-electron chi connectivity index (χ1n) is 7.42. The molecule has 0 spiro atoms. The molecular formula is C14H20F3N5O. The Hall–Kier alpha value is -2.06. The molecule has 0 saturated carbocycles. The van der Waals surface area contributed by atoms with Crippen molar-refractivity contribution in [3.8, 4) is 0 Å². The number of halogens is 3. The van der Waals surface area contributed by atoms with E-state index in [1.807, 2.05) is 6.92 Å². The molecule has 1 fully saturated rings. The van der Waals surface area contributed by atoms with Crippen LogP contribution in [0.15, 0.2) is 6.07 Å². The van der Waals surface area contributed by atoms with Crippen LogP contribution in [0.3, 0.4) is 0 Å². The number of alkyl halides is 3. The zero-order valence-electron chi connectivity index (χ0n) is 13.3. The van der Waals surface area contributed by atoms with Crippen molar-refractivity contribution < 1.29 is 18.0 Å². The maximum atomic E-state index is 13.1. The molecule has 23 heavy (non-hydrogen) atoms. The lowest BCUT2D eigenvalue weighted by molar-refractivity contribution is -0.141. The molecule has 128 valence electrons. The second kappa shape index (κ2) is 6.59. The highest BCUT2D eigenvalue weighted by molar-refractivity contribution is 5.86. The predicted octanol–water partition coefficient (Wildman–Crippen LogP) is 1.67. The highest BCUT2D eigenvalue weighted by atomic mass is 19.4. The molecule has 0 aliphatic carbocycles. The van der Waals surface area contributed by atoms with Gasteiger partial charge in [0.25, 0.3) is 0 Å². The number of piperazine rings is 1. The Balaban J connectivity index is 2.47. The van der Waals surface area contributed by atoms with Crippen LogP contribution in [0.1, 0.15) is 25.5 Å². The fourth-order valence-electron chi connectivity index (χ4n) is 2.44. The molecule has 9 heteroatoms. The van der Waals surface area contributed by atoms with Gasteiger partial charge in [-0.25, -0.2) is 4.98 Å². The van der Waals surface area contributed by atoms with Gasteiger partial charge in [0.2, 0.25) is 11.9 Å². The van der Waals surface area contributed by atoms with Crippen LogP contribution in [-0.2, 0) is 11.0 Å². The monoisotopic (exact) mass is 331 g/mol. The van der Waals surface area contributed by atoms with Gasteiger partial charge in [-0.15, -0.1) is 0 Å². The Kier molecular flexibility index (Phi) is 4.96. The lowest BCUT2D eigenvalue weighted by Crippen LogP contribution is -2.56. The van der Waals surface area contributed by atoms with Gasteiger partial charge in [-0.1, -0.05) is 13.3 Å². The van der Waals surface area contributed by atoms with E-state index in [9.17, 15) is 18.0 Å². The number of carbonyl (C=O) groups excluding carboxylic acids is 1. The number of anilines is 2. The Labute approximate surface area is 132 Å². The van der Waals surface area contributed by atoms with Crippen molar-refractivity contribution in [2.45, 2.75) is 32.0 Å². The minimum absolute atomic E-state index is 0.0585. The number of nitrogens with zero attached hydrogens (tertiary/aromatic N) is 4. The molecule has 1 amide bonds. The molecule has 1 aliphatic heterocycles. The van der Waals surface area contributed by atoms with Crippen molar-refractivity contribution in [2.24, 2.45) is 0 Å². The van der Waals surface area contributed by atoms with Crippen LogP contribution in [0.2, 0.25) is 0 Å². The van der Waals surface area contributed by atoms with E-state index in [1.54, 1.807) is 19.0 Å². The third-order valence-electron chi connectivity index (χ3n) is 3.60. The van der Waals surface area contributed by atoms with Crippen molar-refractivity contribution in [3.05, 3.63) is 11.8 Å². The summed E-state index contributed by atoms with van der Waals surface area (Å²) < 4.78 is 39.3. The number of amides is 1. The van der Waals surface area contributed by atoms with E-state index in [4.69, 9.17) is 0 Å². The Morgan fingerprint density at radius 3 is 2.65 bits per heavy atom. The lowest BCUT2D eigenvalue weighted by atomic mass is 10.1. The second-order valence-corrected chi connectivity index (χ2v) is 5.59. The van der Waals surface area contributed by atoms with Crippen LogP contribution in [0.25, 0.3) is 0 Å². The zero-order chi connectivity index (χ0) is 17.2. The number of hydrogen-bond acceptors (Lipinski definition) is 5. The van der Waals surface area contributed by atoms with Crippen molar-refractivity contribution in [1.29, 1.82) is 0 Å². The summed E-state index contributed by atoms with van der Waals surface area (Å²) in [5.41, 5.74) is -1.01. The fraction of sp³-hybridized carbons (Fsp3) is 0.643. The molecule has 6 nitrogen and oxygen atoms in total. The quantitative estimate of drug-likeness (QED) is 0.909. The van der Waals surface area contributed by atoms with Gasteiger partial charge in [0.05, 0.1) is 0 Å². The standard InChI is InChI=1S/C14H20F3N5O/c1-4-5-9-12(23)18-6-7-22(9)13-19-10(14(15,16)17)8-11(20-13)21(2)3/h8-9H,4-7H2,1-3H3,(H,18,23)/t9-/m0/s1. The summed E-state index contributed by atoms with van der Waals surface area (Å²) in [6, 6.07) is 0.356. The summed E-state index contributed by atoms with van der Waals surface area (Å²) in [7, 11) is 3.22. The summed E-state index contributed by atoms with van der Waals surface area (Å²) in [5.74, 6) is -0.106. The summed E-state index contributed by atoms with van der Waals surface area (Å²) in [5, 5.41) is 2.73. The van der Waals surface area contributed by atoms with Gasteiger partial charge in [0, 0.05) is 33.3 Å². The van der Waals surface area contributed by atoms with Gasteiger partial charge in [0.1, 0.15) is 11.9 Å². The molecule has 0 radical (unpaired) electrons. The topological polar surface area (TPSA) is 61.4 Å². The average Bonchev–Trinajstić information content (AvgIpc) is 2.48. The number of aromatic nitrogens is 2. The molecule has 1 aromatic heterocycles. The van der Waals surface area contributed by atoms with E-state index in [-0.39, 0.29) is 17.7 Å². The van der Waals surface area contributed by atoms with Gasteiger partial charge in [0.15, 0.2) is 5.69 Å². The molecule has 0 unspecified atom stereocenters. The lowest BCUT2D eigenvalue weighted by Gasteiger charge is -2.35. The van der Waals surface area contributed by atoms with E-state index in [1.165, 1.54) is 4.90 Å². The molecule has 1 aromatic rings. The van der Waals surface area contributed by atoms with Crippen molar-refractivity contribution >= 4 is 17.7 Å². The van der Waals surface area contributed by atoms with Crippen LogP contribution in [0.5, 0.6) is 0 Å². The third-order valence-corrected chi connectivity index (χ3v) is 3.60. The fourth-order valence-corrected chi connectivity index (χ4v) is 2.44. The van der Waals surface area contributed by atoms with E-state index in [2.05, 4.69) is 15.3 Å². The van der Waals surface area contributed by atoms with E-state index in [0.717, 1.165) is 12.5 Å². The second-order valence-electron chi connectivity index (χ2n) is 5.59. The Morgan fingerprint density at radius 2 is 2.09 bits per heavy atom. The number of rotatable bonds is 4. The first kappa shape index (κ1) is 17.3. The molecule has 1 saturated heterocycles. The molecule has 0 aromatic carbocycles. The Bertz CT molecular complexity index is 576. The van der Waals surface area contributed by atoms with Gasteiger partial charge < -0.3 is 15.1 Å². The van der Waals surface area contributed by atoms with Crippen LogP contribution in [0.4, 0.5) is 24.9 Å². The molecule has 2 heterocycles. The number of carbonyl (C=O) groups is 1. The molecule has 1 N–H and O–H groups in total. The first-order chi connectivity index (χ1) is 10.7. The van der Waals surface area contributed by atoms with Crippen LogP contribution < -0.4 is 15.1 Å². The highest BCUT2D eigenvalue weighted by Gasteiger charge is 2.36. The molecular weight excluding hydrogens is 311 g/mol. The Morgan fingerprint density at radius 1 is 1.39 bits per heavy atom. The minimum atomic E-state index is -4.57. The highest BCUT2D eigenvalue weighted by Crippen LogP contribution is 2.31. The summed E-state index contributed by atoms with van der Waals surface area (Å²) in [6.45, 7) is 2.65. The summed E-state index contributed by atoms with van der Waals surface area (Å²) >= 11 is 0. The maximum absolute atomic E-state index is 13.1. The zero-order valence-corrected chi connectivity index (χ0v) is 13.3. The van der Waals surface area contributed by atoms with Crippen LogP contribution in [0, 0.1) is 0 Å². The normalized spacial score (nSPS) is 18.8. The van der Waals surface area contributed by atoms with Crippen molar-refractivity contribution in [1.82, 2.24) is 15.3 Å². The van der Waals surface area contributed by atoms with Gasteiger partial charge in [-0.3, -0.25) is 4.79 Å². The van der Waals surface area contributed by atoms with Crippen molar-refractivity contribution in [2.75, 3.05) is 37.0 Å². The largest absolute Gasteiger partial charge is 0.433 e. The maximum Gasteiger partial charge on any atom is 0.433 e. The third kappa shape index (κ3) is 3.83. The van der Waals surface area contributed by atoms with E-state index >= 15 is 0 Å². The first-order valence-corrected chi connectivity index (χ1v) is 7.42. The average molecular weight is 331 g/mol. The van der Waals surface area contributed by atoms with E-state index in [0.29, 0.717) is 19.5 Å². The summed E-state index contributed by atoms with van der Waals surface area (Å²) in [4.78, 5) is 22.9. The van der Waals surface area contributed by atoms with Gasteiger partial charge >= 0.3 is 6.18 Å². The van der Waals surface area contributed by atoms with Gasteiger partial charge in [-0.2, -0.15) is 18.2 Å². The van der Waals surface area contributed by atoms with Crippen molar-refractivity contribution in [3.63, 3.8) is 0 Å². The number of nitrogens with one attached hydrogen (secondary N) is 1. The smallest absolute Gasteiger partial charge is 0.363 e. The molecule has 1 aliphatic rings. The summed E-state index contributed by atoms with van der Waals surface area (Å²) in [6.07, 6.45) is -3.31. The minimum Gasteiger partial charge on any atom is -0.363 e. The van der Waals surface area contributed by atoms with Crippen LogP contribution in [-0.4, -0.2) is 49.1 Å². The predicted molar refractivity (Wildman–Crippen MR) is 80.4 cm³/mol. The molecule has 1 atom stereocenters. The van der Waals surface area contributed by atoms with Crippen LogP contribution >= 0.6 is 0 Å². The molecule has 0 bridgehead atoms.